The van der Waals surface area contributed by atoms with Crippen LogP contribution in [0, 0.1) is 0 Å². The van der Waals surface area contributed by atoms with Crippen LogP contribution in [0.1, 0.15) is 5.89 Å². The fourth-order valence-electron chi connectivity index (χ4n) is 0.719. The van der Waals surface area contributed by atoms with Gasteiger partial charge in [0, 0.05) is 0 Å². The van der Waals surface area contributed by atoms with Crippen LogP contribution in [0.15, 0.2) is 10.9 Å². The summed E-state index contributed by atoms with van der Waals surface area (Å²) in [4.78, 5) is 7.77. The quantitative estimate of drug-likeness (QED) is 0.693. The summed E-state index contributed by atoms with van der Waals surface area (Å²) in [5.74, 6) is 1.39. The highest BCUT2D eigenvalue weighted by molar-refractivity contribution is 6.16. The van der Waals surface area contributed by atoms with Crippen LogP contribution in [-0.4, -0.2) is 25.3 Å². The van der Waals surface area contributed by atoms with Crippen LogP contribution in [0.4, 0.5) is 0 Å². The lowest BCUT2D eigenvalue weighted by molar-refractivity contribution is 0.390. The first-order valence-electron chi connectivity index (χ1n) is 3.14. The Bertz CT molecular complexity index is 356. The summed E-state index contributed by atoms with van der Waals surface area (Å²) in [6, 6.07) is 0. The van der Waals surface area contributed by atoms with Crippen molar-refractivity contribution >= 4 is 11.6 Å². The first-order valence-corrected chi connectivity index (χ1v) is 3.68. The Kier molecular flexibility index (Phi) is 1.75. The molecule has 2 aromatic heterocycles. The number of aromatic amines is 1. The lowest BCUT2D eigenvalue weighted by Gasteiger charge is -1.79. The molecule has 1 N–H and O–H groups in total. The third-order valence-electron chi connectivity index (χ3n) is 1.21. The van der Waals surface area contributed by atoms with Gasteiger partial charge in [0.25, 0.3) is 0 Å². The molecule has 0 bridgehead atoms. The van der Waals surface area contributed by atoms with E-state index in [1.165, 1.54) is 6.33 Å². The van der Waals surface area contributed by atoms with Crippen LogP contribution in [0.3, 0.4) is 0 Å². The Morgan fingerprint density at radius 2 is 2.50 bits per heavy atom. The summed E-state index contributed by atoms with van der Waals surface area (Å²) < 4.78 is 4.76. The van der Waals surface area contributed by atoms with Crippen molar-refractivity contribution in [1.29, 1.82) is 0 Å². The molecular formula is C5H4ClN5O. The molecular weight excluding hydrogens is 182 g/mol. The van der Waals surface area contributed by atoms with Crippen LogP contribution in [0.25, 0.3) is 11.6 Å². The second kappa shape index (κ2) is 2.90. The lowest BCUT2D eigenvalue weighted by atomic mass is 10.6. The average molecular weight is 186 g/mol. The zero-order chi connectivity index (χ0) is 8.39. The van der Waals surface area contributed by atoms with Gasteiger partial charge in [0.05, 0.1) is 0 Å². The van der Waals surface area contributed by atoms with E-state index in [0.29, 0.717) is 17.5 Å². The van der Waals surface area contributed by atoms with E-state index in [4.69, 9.17) is 16.1 Å². The first kappa shape index (κ1) is 7.23. The van der Waals surface area contributed by atoms with Crippen LogP contribution < -0.4 is 0 Å². The minimum Gasteiger partial charge on any atom is -0.338 e. The van der Waals surface area contributed by atoms with Crippen molar-refractivity contribution in [3.8, 4) is 11.6 Å². The molecule has 6 nitrogen and oxygen atoms in total. The smallest absolute Gasteiger partial charge is 0.241 e. The molecule has 0 aliphatic carbocycles. The fourth-order valence-corrected chi connectivity index (χ4v) is 0.827. The van der Waals surface area contributed by atoms with E-state index >= 15 is 0 Å². The molecule has 2 rings (SSSR count). The Morgan fingerprint density at radius 3 is 3.08 bits per heavy atom. The second-order valence-corrected chi connectivity index (χ2v) is 2.25. The lowest BCUT2D eigenvalue weighted by Crippen LogP contribution is -1.83. The van der Waals surface area contributed by atoms with Crippen LogP contribution in [-0.2, 0) is 5.88 Å². The Balaban J connectivity index is 2.35. The molecule has 0 aliphatic rings. The van der Waals surface area contributed by atoms with Crippen LogP contribution in [0.5, 0.6) is 0 Å². The van der Waals surface area contributed by atoms with E-state index in [-0.39, 0.29) is 5.88 Å². The molecule has 12 heavy (non-hydrogen) atoms. The molecule has 0 amide bonds. The molecule has 0 fully saturated rings. The van der Waals surface area contributed by atoms with Crippen molar-refractivity contribution in [3.63, 3.8) is 0 Å². The number of halogens is 1. The molecule has 7 heteroatoms. The van der Waals surface area contributed by atoms with Crippen molar-refractivity contribution in [2.45, 2.75) is 5.88 Å². The molecule has 2 heterocycles. The van der Waals surface area contributed by atoms with Crippen molar-refractivity contribution in [3.05, 3.63) is 12.2 Å². The summed E-state index contributed by atoms with van der Waals surface area (Å²) in [5.41, 5.74) is 0. The van der Waals surface area contributed by atoms with Gasteiger partial charge < -0.3 is 4.52 Å². The standard InChI is InChI=1S/C5H4ClN5O/c6-1-3-9-5(11-12-3)4-7-2-8-10-4/h2H,1H2,(H,7,8,10). The number of H-pyrrole nitrogens is 1. The van der Waals surface area contributed by atoms with Crippen LogP contribution in [0.2, 0.25) is 0 Å². The summed E-state index contributed by atoms with van der Waals surface area (Å²) in [5, 5.41) is 9.87. The molecule has 0 saturated carbocycles. The average Bonchev–Trinajstić information content (AvgIpc) is 2.75. The van der Waals surface area contributed by atoms with Gasteiger partial charge in [0.1, 0.15) is 12.2 Å². The molecule has 0 aromatic carbocycles. The highest BCUT2D eigenvalue weighted by Crippen LogP contribution is 2.09. The minimum absolute atomic E-state index is 0.196. The number of hydrogen-bond acceptors (Lipinski definition) is 5. The van der Waals surface area contributed by atoms with Gasteiger partial charge in [-0.05, 0) is 0 Å². The SMILES string of the molecule is ClCc1nc(-c2ncn[nH]2)no1. The molecule has 62 valence electrons. The monoisotopic (exact) mass is 185 g/mol. The number of hydrogen-bond donors (Lipinski definition) is 1. The summed E-state index contributed by atoms with van der Waals surface area (Å²) in [6.07, 6.45) is 1.37. The van der Waals surface area contributed by atoms with Crippen molar-refractivity contribution in [1.82, 2.24) is 25.3 Å². The highest BCUT2D eigenvalue weighted by Gasteiger charge is 2.08. The molecule has 0 spiro atoms. The van der Waals surface area contributed by atoms with Gasteiger partial charge in [-0.15, -0.1) is 11.6 Å². The zero-order valence-corrected chi connectivity index (χ0v) is 6.62. The Labute approximate surface area is 72.0 Å². The topological polar surface area (TPSA) is 80.5 Å². The van der Waals surface area contributed by atoms with Crippen molar-refractivity contribution in [2.75, 3.05) is 0 Å². The van der Waals surface area contributed by atoms with Gasteiger partial charge >= 0.3 is 0 Å². The fraction of sp³-hybridized carbons (Fsp3) is 0.200. The van der Waals surface area contributed by atoms with E-state index in [0.717, 1.165) is 0 Å². The summed E-state index contributed by atoms with van der Waals surface area (Å²) in [7, 11) is 0. The zero-order valence-electron chi connectivity index (χ0n) is 5.86. The van der Waals surface area contributed by atoms with E-state index < -0.39 is 0 Å². The molecule has 0 unspecified atom stereocenters. The summed E-state index contributed by atoms with van der Waals surface area (Å²) in [6.45, 7) is 0. The summed E-state index contributed by atoms with van der Waals surface area (Å²) >= 11 is 5.46. The van der Waals surface area contributed by atoms with Crippen molar-refractivity contribution < 1.29 is 4.52 Å². The van der Waals surface area contributed by atoms with Gasteiger partial charge in [-0.25, -0.2) is 4.98 Å². The third-order valence-corrected chi connectivity index (χ3v) is 1.44. The molecule has 0 aliphatic heterocycles. The maximum atomic E-state index is 5.46. The predicted octanol–water partition coefficient (Wildman–Crippen LogP) is 0.594. The Morgan fingerprint density at radius 1 is 1.58 bits per heavy atom. The normalized spacial score (nSPS) is 10.4. The third kappa shape index (κ3) is 1.16. The van der Waals surface area contributed by atoms with Gasteiger partial charge in [-0.2, -0.15) is 10.1 Å². The number of nitrogens with zero attached hydrogens (tertiary/aromatic N) is 4. The maximum Gasteiger partial charge on any atom is 0.241 e. The molecule has 2 aromatic rings. The molecule has 0 atom stereocenters. The number of rotatable bonds is 2. The highest BCUT2D eigenvalue weighted by atomic mass is 35.5. The minimum atomic E-state index is 0.196. The number of alkyl halides is 1. The predicted molar refractivity (Wildman–Crippen MR) is 39.2 cm³/mol. The van der Waals surface area contributed by atoms with Gasteiger partial charge in [-0.1, -0.05) is 5.16 Å². The number of aromatic nitrogens is 5. The van der Waals surface area contributed by atoms with Gasteiger partial charge in [0.2, 0.25) is 11.7 Å². The second-order valence-electron chi connectivity index (χ2n) is 1.98. The first-order chi connectivity index (χ1) is 5.90. The van der Waals surface area contributed by atoms with Gasteiger partial charge in [-0.3, -0.25) is 5.10 Å². The van der Waals surface area contributed by atoms with E-state index in [2.05, 4.69) is 25.3 Å². The van der Waals surface area contributed by atoms with Crippen LogP contribution >= 0.6 is 11.6 Å². The molecule has 0 saturated heterocycles. The van der Waals surface area contributed by atoms with Gasteiger partial charge in [0.15, 0.2) is 5.82 Å². The Hall–Kier alpha value is -1.43. The number of nitrogens with one attached hydrogen (secondary N) is 1. The maximum absolute atomic E-state index is 5.46. The largest absolute Gasteiger partial charge is 0.338 e. The van der Waals surface area contributed by atoms with E-state index in [9.17, 15) is 0 Å². The molecule has 0 radical (unpaired) electrons. The van der Waals surface area contributed by atoms with E-state index in [1.54, 1.807) is 0 Å². The van der Waals surface area contributed by atoms with E-state index in [1.807, 2.05) is 0 Å². The van der Waals surface area contributed by atoms with Crippen molar-refractivity contribution in [2.24, 2.45) is 0 Å².